The van der Waals surface area contributed by atoms with Crippen LogP contribution in [0.1, 0.15) is 62.9 Å². The van der Waals surface area contributed by atoms with Crippen molar-refractivity contribution in [1.29, 1.82) is 0 Å². The maximum Gasteiger partial charge on any atom is 0.251 e. The molecule has 0 fully saturated rings. The highest BCUT2D eigenvalue weighted by atomic mass is 16.1. The molecule has 0 saturated carbocycles. The first-order chi connectivity index (χ1) is 10.0. The average Bonchev–Trinajstić information content (AvgIpc) is 2.46. The smallest absolute Gasteiger partial charge is 0.251 e. The predicted octanol–water partition coefficient (Wildman–Crippen LogP) is 4.37. The van der Waals surface area contributed by atoms with Crippen LogP contribution in [0.3, 0.4) is 0 Å². The summed E-state index contributed by atoms with van der Waals surface area (Å²) in [5, 5.41) is 6.49. The van der Waals surface area contributed by atoms with Crippen LogP contribution in [-0.4, -0.2) is 18.5 Å². The molecule has 0 bridgehead atoms. The molecule has 0 aliphatic rings. The highest BCUT2D eigenvalue weighted by Crippen LogP contribution is 2.17. The molecule has 1 amide bonds. The zero-order chi connectivity index (χ0) is 15.8. The summed E-state index contributed by atoms with van der Waals surface area (Å²) in [6.45, 7) is 11.5. The van der Waals surface area contributed by atoms with Crippen molar-refractivity contribution in [2.45, 2.75) is 59.9 Å². The van der Waals surface area contributed by atoms with E-state index in [0.717, 1.165) is 42.6 Å². The maximum absolute atomic E-state index is 12.4. The lowest BCUT2D eigenvalue weighted by Gasteiger charge is -2.23. The number of hydrogen-bond acceptors (Lipinski definition) is 2. The van der Waals surface area contributed by atoms with Gasteiger partial charge in [-0.25, -0.2) is 0 Å². The number of benzene rings is 1. The third kappa shape index (κ3) is 5.07. The number of carbonyl (C=O) groups excluding carboxylic acids is 1. The van der Waals surface area contributed by atoms with Crippen LogP contribution in [0, 0.1) is 12.8 Å². The molecule has 1 atom stereocenters. The third-order valence-corrected chi connectivity index (χ3v) is 4.16. The fourth-order valence-electron chi connectivity index (χ4n) is 2.70. The molecule has 1 aromatic rings. The standard InChI is InChI=1S/C18H30N2O/c1-6-11-19-16-9-10-17(13(4)12-16)18(21)20-14(5)15(7-2)8-3/h9-10,12,14-15,19H,6-8,11H2,1-5H3,(H,20,21). The van der Waals surface area contributed by atoms with E-state index < -0.39 is 0 Å². The van der Waals surface area contributed by atoms with Gasteiger partial charge in [0.1, 0.15) is 0 Å². The van der Waals surface area contributed by atoms with E-state index in [9.17, 15) is 4.79 Å². The molecule has 0 heterocycles. The topological polar surface area (TPSA) is 41.1 Å². The van der Waals surface area contributed by atoms with E-state index in [-0.39, 0.29) is 11.9 Å². The molecule has 1 rings (SSSR count). The number of nitrogens with one attached hydrogen (secondary N) is 2. The van der Waals surface area contributed by atoms with Crippen LogP contribution in [0.2, 0.25) is 0 Å². The molecule has 1 unspecified atom stereocenters. The minimum absolute atomic E-state index is 0.0361. The zero-order valence-electron chi connectivity index (χ0n) is 14.1. The molecule has 0 saturated heterocycles. The predicted molar refractivity (Wildman–Crippen MR) is 91.0 cm³/mol. The Balaban J connectivity index is 2.74. The highest BCUT2D eigenvalue weighted by molar-refractivity contribution is 5.96. The molecule has 118 valence electrons. The molecule has 0 aliphatic heterocycles. The molecule has 1 aromatic carbocycles. The van der Waals surface area contributed by atoms with E-state index >= 15 is 0 Å². The molecule has 3 heteroatoms. The van der Waals surface area contributed by atoms with Gasteiger partial charge in [0.15, 0.2) is 0 Å². The Morgan fingerprint density at radius 3 is 2.38 bits per heavy atom. The van der Waals surface area contributed by atoms with E-state index in [1.165, 1.54) is 0 Å². The van der Waals surface area contributed by atoms with E-state index in [1.807, 2.05) is 25.1 Å². The van der Waals surface area contributed by atoms with Crippen molar-refractivity contribution < 1.29 is 4.79 Å². The number of anilines is 1. The van der Waals surface area contributed by atoms with Crippen molar-refractivity contribution in [2.24, 2.45) is 5.92 Å². The van der Waals surface area contributed by atoms with Crippen molar-refractivity contribution >= 4 is 11.6 Å². The van der Waals surface area contributed by atoms with Crippen LogP contribution in [0.25, 0.3) is 0 Å². The second-order valence-electron chi connectivity index (χ2n) is 5.80. The van der Waals surface area contributed by atoms with Crippen molar-refractivity contribution in [3.8, 4) is 0 Å². The summed E-state index contributed by atoms with van der Waals surface area (Å²) in [5.74, 6) is 0.577. The van der Waals surface area contributed by atoms with Gasteiger partial charge in [-0.15, -0.1) is 0 Å². The Labute approximate surface area is 129 Å². The SMILES string of the molecule is CCCNc1ccc(C(=O)NC(C)C(CC)CC)c(C)c1. The first-order valence-corrected chi connectivity index (χ1v) is 8.18. The summed E-state index contributed by atoms with van der Waals surface area (Å²) in [6, 6.07) is 6.17. The molecular weight excluding hydrogens is 260 g/mol. The van der Waals surface area contributed by atoms with Gasteiger partial charge in [0.25, 0.3) is 5.91 Å². The van der Waals surface area contributed by atoms with E-state index in [1.54, 1.807) is 0 Å². The monoisotopic (exact) mass is 290 g/mol. The Hall–Kier alpha value is -1.51. The van der Waals surface area contributed by atoms with Gasteiger partial charge in [-0.1, -0.05) is 33.6 Å². The van der Waals surface area contributed by atoms with Crippen LogP contribution in [0.4, 0.5) is 5.69 Å². The van der Waals surface area contributed by atoms with Crippen LogP contribution in [0.15, 0.2) is 18.2 Å². The van der Waals surface area contributed by atoms with Crippen molar-refractivity contribution in [3.63, 3.8) is 0 Å². The van der Waals surface area contributed by atoms with E-state index in [4.69, 9.17) is 0 Å². The number of aryl methyl sites for hydroxylation is 1. The van der Waals surface area contributed by atoms with Gasteiger partial charge >= 0.3 is 0 Å². The van der Waals surface area contributed by atoms with Crippen molar-refractivity contribution in [2.75, 3.05) is 11.9 Å². The van der Waals surface area contributed by atoms with Crippen molar-refractivity contribution in [1.82, 2.24) is 5.32 Å². The van der Waals surface area contributed by atoms with Gasteiger partial charge in [0.2, 0.25) is 0 Å². The van der Waals surface area contributed by atoms with Gasteiger partial charge in [0, 0.05) is 23.8 Å². The largest absolute Gasteiger partial charge is 0.385 e. The first kappa shape index (κ1) is 17.5. The van der Waals surface area contributed by atoms with Gasteiger partial charge < -0.3 is 10.6 Å². The quantitative estimate of drug-likeness (QED) is 0.746. The maximum atomic E-state index is 12.4. The molecule has 0 aromatic heterocycles. The van der Waals surface area contributed by atoms with E-state index in [0.29, 0.717) is 5.92 Å². The summed E-state index contributed by atoms with van der Waals surface area (Å²) < 4.78 is 0. The molecule has 0 spiro atoms. The Morgan fingerprint density at radius 2 is 1.86 bits per heavy atom. The first-order valence-electron chi connectivity index (χ1n) is 8.18. The van der Waals surface area contributed by atoms with E-state index in [2.05, 4.69) is 38.3 Å². The zero-order valence-corrected chi connectivity index (χ0v) is 14.1. The summed E-state index contributed by atoms with van der Waals surface area (Å²) >= 11 is 0. The van der Waals surface area contributed by atoms with Crippen LogP contribution < -0.4 is 10.6 Å². The van der Waals surface area contributed by atoms with Gasteiger partial charge in [-0.3, -0.25) is 4.79 Å². The summed E-state index contributed by atoms with van der Waals surface area (Å²) in [7, 11) is 0. The lowest BCUT2D eigenvalue weighted by atomic mass is 9.95. The van der Waals surface area contributed by atoms with Gasteiger partial charge in [0.05, 0.1) is 0 Å². The average molecular weight is 290 g/mol. The summed E-state index contributed by atoms with van der Waals surface area (Å²) in [6.07, 6.45) is 3.28. The Bertz CT molecular complexity index is 453. The summed E-state index contributed by atoms with van der Waals surface area (Å²) in [4.78, 5) is 12.4. The molecule has 2 N–H and O–H groups in total. The van der Waals surface area contributed by atoms with Crippen LogP contribution in [-0.2, 0) is 0 Å². The second kappa shape index (κ2) is 8.71. The van der Waals surface area contributed by atoms with Crippen LogP contribution >= 0.6 is 0 Å². The number of amides is 1. The fraction of sp³-hybridized carbons (Fsp3) is 0.611. The molecular formula is C18H30N2O. The van der Waals surface area contributed by atoms with Crippen LogP contribution in [0.5, 0.6) is 0 Å². The van der Waals surface area contributed by atoms with Gasteiger partial charge in [-0.05, 0) is 49.9 Å². The summed E-state index contributed by atoms with van der Waals surface area (Å²) in [5.41, 5.74) is 2.87. The lowest BCUT2D eigenvalue weighted by Crippen LogP contribution is -2.38. The fourth-order valence-corrected chi connectivity index (χ4v) is 2.70. The molecule has 21 heavy (non-hydrogen) atoms. The Kier molecular flexibility index (Phi) is 7.27. The van der Waals surface area contributed by atoms with Gasteiger partial charge in [-0.2, -0.15) is 0 Å². The normalized spacial score (nSPS) is 12.3. The Morgan fingerprint density at radius 1 is 1.19 bits per heavy atom. The molecule has 0 radical (unpaired) electrons. The highest BCUT2D eigenvalue weighted by Gasteiger charge is 2.17. The third-order valence-electron chi connectivity index (χ3n) is 4.16. The lowest BCUT2D eigenvalue weighted by molar-refractivity contribution is 0.0924. The number of hydrogen-bond donors (Lipinski definition) is 2. The van der Waals surface area contributed by atoms with Crippen molar-refractivity contribution in [3.05, 3.63) is 29.3 Å². The second-order valence-corrected chi connectivity index (χ2v) is 5.80. The number of rotatable bonds is 8. The minimum Gasteiger partial charge on any atom is -0.385 e. The minimum atomic E-state index is 0.0361. The molecule has 3 nitrogen and oxygen atoms in total. The number of carbonyl (C=O) groups is 1. The molecule has 0 aliphatic carbocycles.